The Morgan fingerprint density at radius 3 is 2.44 bits per heavy atom. The molecule has 9 heteroatoms. The molecule has 4 rings (SSSR count). The number of carbonyl (C=O) groups is 2. The van der Waals surface area contributed by atoms with Gasteiger partial charge in [0.05, 0.1) is 19.9 Å². The molecule has 3 aromatic carbocycles. The van der Waals surface area contributed by atoms with Crippen LogP contribution < -0.4 is 15.0 Å². The number of rotatable bonds is 9. The van der Waals surface area contributed by atoms with Gasteiger partial charge in [-0.05, 0) is 47.5 Å². The molecule has 0 bridgehead atoms. The van der Waals surface area contributed by atoms with E-state index in [1.54, 1.807) is 55.4 Å². The van der Waals surface area contributed by atoms with E-state index in [9.17, 15) is 9.59 Å². The third-order valence-corrected chi connectivity index (χ3v) is 5.92. The molecule has 0 unspecified atom stereocenters. The van der Waals surface area contributed by atoms with Crippen LogP contribution >= 0.6 is 11.6 Å². The van der Waals surface area contributed by atoms with Crippen molar-refractivity contribution in [3.05, 3.63) is 107 Å². The van der Waals surface area contributed by atoms with E-state index < -0.39 is 11.9 Å². The molecule has 0 spiro atoms. The van der Waals surface area contributed by atoms with Crippen LogP contribution in [0.5, 0.6) is 5.75 Å². The second-order valence-corrected chi connectivity index (χ2v) is 8.68. The maximum absolute atomic E-state index is 13.5. The SMILES string of the molecule is COc1ccc(N(C)C(=O)[C@H](Cc2ccccc2)NC(=O)c2cn(Cc3cccc(Cl)c3)nn2)cc1. The maximum Gasteiger partial charge on any atom is 0.274 e. The molecule has 0 aliphatic rings. The highest BCUT2D eigenvalue weighted by molar-refractivity contribution is 6.30. The average Bonchev–Trinajstić information content (AvgIpc) is 3.36. The molecule has 0 saturated heterocycles. The number of carbonyl (C=O) groups excluding carboxylic acids is 2. The summed E-state index contributed by atoms with van der Waals surface area (Å²) >= 11 is 6.05. The summed E-state index contributed by atoms with van der Waals surface area (Å²) in [6.07, 6.45) is 1.87. The Labute approximate surface area is 214 Å². The summed E-state index contributed by atoms with van der Waals surface area (Å²) < 4.78 is 6.75. The van der Waals surface area contributed by atoms with E-state index in [0.29, 0.717) is 29.4 Å². The van der Waals surface area contributed by atoms with Crippen LogP contribution in [0, 0.1) is 0 Å². The zero-order valence-electron chi connectivity index (χ0n) is 20.0. The van der Waals surface area contributed by atoms with Crippen LogP contribution in [0.25, 0.3) is 0 Å². The monoisotopic (exact) mass is 503 g/mol. The number of amides is 2. The number of hydrogen-bond donors (Lipinski definition) is 1. The molecule has 0 aliphatic carbocycles. The van der Waals surface area contributed by atoms with Gasteiger partial charge in [-0.1, -0.05) is 59.3 Å². The Hall–Kier alpha value is -4.17. The molecular weight excluding hydrogens is 478 g/mol. The van der Waals surface area contributed by atoms with Gasteiger partial charge in [-0.3, -0.25) is 9.59 Å². The van der Waals surface area contributed by atoms with Crippen LogP contribution in [0.4, 0.5) is 5.69 Å². The smallest absolute Gasteiger partial charge is 0.274 e. The first-order chi connectivity index (χ1) is 17.4. The van der Waals surface area contributed by atoms with Crippen molar-refractivity contribution in [1.82, 2.24) is 20.3 Å². The van der Waals surface area contributed by atoms with Gasteiger partial charge < -0.3 is 15.0 Å². The number of methoxy groups -OCH3 is 1. The van der Waals surface area contributed by atoms with Crippen molar-refractivity contribution in [3.63, 3.8) is 0 Å². The Kier molecular flexibility index (Phi) is 7.97. The fourth-order valence-electron chi connectivity index (χ4n) is 3.75. The summed E-state index contributed by atoms with van der Waals surface area (Å²) in [6, 6.07) is 23.2. The minimum Gasteiger partial charge on any atom is -0.497 e. The van der Waals surface area contributed by atoms with Crippen molar-refractivity contribution in [2.24, 2.45) is 0 Å². The largest absolute Gasteiger partial charge is 0.497 e. The molecule has 8 nitrogen and oxygen atoms in total. The maximum atomic E-state index is 13.5. The Balaban J connectivity index is 1.51. The van der Waals surface area contributed by atoms with E-state index in [1.165, 1.54) is 4.90 Å². The van der Waals surface area contributed by atoms with E-state index in [2.05, 4.69) is 15.6 Å². The van der Waals surface area contributed by atoms with Gasteiger partial charge >= 0.3 is 0 Å². The Bertz CT molecular complexity index is 1320. The van der Waals surface area contributed by atoms with E-state index in [0.717, 1.165) is 11.1 Å². The number of ether oxygens (including phenoxy) is 1. The van der Waals surface area contributed by atoms with E-state index in [4.69, 9.17) is 16.3 Å². The number of nitrogens with one attached hydrogen (secondary N) is 1. The highest BCUT2D eigenvalue weighted by Gasteiger charge is 2.27. The van der Waals surface area contributed by atoms with E-state index in [1.807, 2.05) is 48.5 Å². The number of nitrogens with zero attached hydrogens (tertiary/aromatic N) is 4. The first-order valence-electron chi connectivity index (χ1n) is 11.3. The van der Waals surface area contributed by atoms with Crippen LogP contribution in [-0.4, -0.2) is 47.0 Å². The lowest BCUT2D eigenvalue weighted by molar-refractivity contribution is -0.120. The molecule has 36 heavy (non-hydrogen) atoms. The predicted molar refractivity (Wildman–Crippen MR) is 138 cm³/mol. The third-order valence-electron chi connectivity index (χ3n) is 5.68. The fourth-order valence-corrected chi connectivity index (χ4v) is 3.96. The average molecular weight is 504 g/mol. The summed E-state index contributed by atoms with van der Waals surface area (Å²) in [5, 5.41) is 11.5. The van der Waals surface area contributed by atoms with Crippen LogP contribution in [0.2, 0.25) is 5.02 Å². The predicted octanol–water partition coefficient (Wildman–Crippen LogP) is 3.99. The lowest BCUT2D eigenvalue weighted by Crippen LogP contribution is -2.48. The molecule has 2 amide bonds. The normalized spacial score (nSPS) is 11.5. The van der Waals surface area contributed by atoms with Crippen LogP contribution in [0.1, 0.15) is 21.6 Å². The molecule has 1 N–H and O–H groups in total. The number of aromatic nitrogens is 3. The standard InChI is InChI=1S/C27H26ClN5O3/c1-32(22-11-13-23(36-2)14-12-22)27(35)24(16-19-7-4-3-5-8-19)29-26(34)25-18-33(31-30-25)17-20-9-6-10-21(28)15-20/h3-15,18,24H,16-17H2,1-2H3,(H,29,34)/t24-/m0/s1. The highest BCUT2D eigenvalue weighted by atomic mass is 35.5. The molecule has 1 heterocycles. The Morgan fingerprint density at radius 1 is 1.03 bits per heavy atom. The topological polar surface area (TPSA) is 89.4 Å². The van der Waals surface area contributed by atoms with Crippen LogP contribution in [0.3, 0.4) is 0 Å². The second kappa shape index (κ2) is 11.5. The minimum atomic E-state index is -0.815. The van der Waals surface area contributed by atoms with Gasteiger partial charge in [0, 0.05) is 24.2 Å². The zero-order valence-corrected chi connectivity index (χ0v) is 20.7. The van der Waals surface area contributed by atoms with Crippen molar-refractivity contribution in [3.8, 4) is 5.75 Å². The molecule has 0 aliphatic heterocycles. The van der Waals surface area contributed by atoms with Gasteiger partial charge in [0.1, 0.15) is 11.8 Å². The first-order valence-corrected chi connectivity index (χ1v) is 11.7. The van der Waals surface area contributed by atoms with Crippen molar-refractivity contribution in [2.45, 2.75) is 19.0 Å². The number of likely N-dealkylation sites (N-methyl/N-ethyl adjacent to an activating group) is 1. The van der Waals surface area contributed by atoms with Gasteiger partial charge in [-0.2, -0.15) is 0 Å². The van der Waals surface area contributed by atoms with E-state index in [-0.39, 0.29) is 11.6 Å². The van der Waals surface area contributed by atoms with Gasteiger partial charge in [0.2, 0.25) is 5.91 Å². The Morgan fingerprint density at radius 2 is 1.75 bits per heavy atom. The number of hydrogen-bond acceptors (Lipinski definition) is 5. The minimum absolute atomic E-state index is 0.120. The lowest BCUT2D eigenvalue weighted by atomic mass is 10.0. The van der Waals surface area contributed by atoms with Gasteiger partial charge in [0.15, 0.2) is 5.69 Å². The summed E-state index contributed by atoms with van der Waals surface area (Å²) in [5.41, 5.74) is 2.65. The molecule has 0 fully saturated rings. The molecular formula is C27H26ClN5O3. The molecule has 0 radical (unpaired) electrons. The molecule has 4 aromatic rings. The number of benzene rings is 3. The molecule has 1 atom stereocenters. The zero-order chi connectivity index (χ0) is 25.5. The van der Waals surface area contributed by atoms with E-state index >= 15 is 0 Å². The highest BCUT2D eigenvalue weighted by Crippen LogP contribution is 2.20. The molecule has 0 saturated carbocycles. The van der Waals surface area contributed by atoms with Gasteiger partial charge in [-0.25, -0.2) is 4.68 Å². The molecule has 1 aromatic heterocycles. The molecule has 184 valence electrons. The second-order valence-electron chi connectivity index (χ2n) is 8.24. The van der Waals surface area contributed by atoms with Gasteiger partial charge in [-0.15, -0.1) is 5.10 Å². The van der Waals surface area contributed by atoms with Gasteiger partial charge in [0.25, 0.3) is 5.91 Å². The van der Waals surface area contributed by atoms with Crippen molar-refractivity contribution >= 4 is 29.1 Å². The van der Waals surface area contributed by atoms with Crippen molar-refractivity contribution in [2.75, 3.05) is 19.1 Å². The number of halogens is 1. The summed E-state index contributed by atoms with van der Waals surface area (Å²) in [6.45, 7) is 0.410. The summed E-state index contributed by atoms with van der Waals surface area (Å²) in [7, 11) is 3.26. The lowest BCUT2D eigenvalue weighted by Gasteiger charge is -2.25. The quantitative estimate of drug-likeness (QED) is 0.373. The van der Waals surface area contributed by atoms with Crippen molar-refractivity contribution < 1.29 is 14.3 Å². The third kappa shape index (κ3) is 6.28. The van der Waals surface area contributed by atoms with Crippen LogP contribution in [0.15, 0.2) is 85.1 Å². The first kappa shape index (κ1) is 24.9. The van der Waals surface area contributed by atoms with Crippen LogP contribution in [-0.2, 0) is 17.8 Å². The van der Waals surface area contributed by atoms with Crippen molar-refractivity contribution in [1.29, 1.82) is 0 Å². The number of anilines is 1. The fraction of sp³-hybridized carbons (Fsp3) is 0.185. The summed E-state index contributed by atoms with van der Waals surface area (Å²) in [4.78, 5) is 28.1. The summed E-state index contributed by atoms with van der Waals surface area (Å²) in [5.74, 6) is -0.0527.